The minimum Gasteiger partial charge on any atom is -0.421 e. The van der Waals surface area contributed by atoms with Gasteiger partial charge in [-0.15, -0.1) is 5.10 Å². The van der Waals surface area contributed by atoms with Crippen molar-refractivity contribution in [2.45, 2.75) is 0 Å². The van der Waals surface area contributed by atoms with Crippen molar-refractivity contribution in [3.05, 3.63) is 29.5 Å². The third-order valence-electron chi connectivity index (χ3n) is 1.75. The van der Waals surface area contributed by atoms with Gasteiger partial charge in [0.2, 0.25) is 0 Å². The van der Waals surface area contributed by atoms with Crippen molar-refractivity contribution in [2.75, 3.05) is 5.73 Å². The van der Waals surface area contributed by atoms with Crippen LogP contribution in [0.1, 0.15) is 0 Å². The number of nitrogens with two attached hydrogens (primary N) is 1. The third-order valence-corrected chi connectivity index (χ3v) is 1.99. The van der Waals surface area contributed by atoms with Crippen LogP contribution in [-0.4, -0.2) is 14.8 Å². The highest BCUT2D eigenvalue weighted by Crippen LogP contribution is 2.27. The summed E-state index contributed by atoms with van der Waals surface area (Å²) in [7, 11) is 1.76. The van der Waals surface area contributed by atoms with Gasteiger partial charge in [0, 0.05) is 12.1 Å². The van der Waals surface area contributed by atoms with E-state index in [-0.39, 0.29) is 6.01 Å². The lowest BCUT2D eigenvalue weighted by molar-refractivity contribution is 0.441. The van der Waals surface area contributed by atoms with Crippen molar-refractivity contribution in [1.82, 2.24) is 14.8 Å². The van der Waals surface area contributed by atoms with Gasteiger partial charge in [0.1, 0.15) is 6.33 Å². The quantitative estimate of drug-likeness (QED) is 0.791. The molecule has 6 heteroatoms. The molecule has 1 aromatic carbocycles. The predicted octanol–water partition coefficient (Wildman–Crippen LogP) is 1.84. The summed E-state index contributed by atoms with van der Waals surface area (Å²) in [6, 6.07) is 5.23. The molecule has 0 aliphatic rings. The van der Waals surface area contributed by atoms with Crippen LogP contribution in [0.4, 0.5) is 5.69 Å². The Hall–Kier alpha value is -1.75. The van der Waals surface area contributed by atoms with Crippen molar-refractivity contribution >= 4 is 17.3 Å². The Kier molecular flexibility index (Phi) is 2.47. The molecule has 0 unspecified atom stereocenters. The molecule has 2 N–H and O–H groups in total. The summed E-state index contributed by atoms with van der Waals surface area (Å²) in [6.07, 6.45) is 1.54. The molecule has 0 amide bonds. The van der Waals surface area contributed by atoms with Gasteiger partial charge < -0.3 is 10.5 Å². The zero-order valence-corrected chi connectivity index (χ0v) is 8.77. The number of hydrogen-bond donors (Lipinski definition) is 1. The SMILES string of the molecule is Cn1cnc(Oc2ccc(Cl)cc2N)n1. The van der Waals surface area contributed by atoms with Gasteiger partial charge in [0.15, 0.2) is 5.75 Å². The van der Waals surface area contributed by atoms with Gasteiger partial charge in [-0.1, -0.05) is 11.6 Å². The Morgan fingerprint density at radius 1 is 1.47 bits per heavy atom. The minimum atomic E-state index is 0.256. The Morgan fingerprint density at radius 2 is 2.27 bits per heavy atom. The fraction of sp³-hybridized carbons (Fsp3) is 0.111. The first-order valence-electron chi connectivity index (χ1n) is 4.23. The lowest BCUT2D eigenvalue weighted by Gasteiger charge is -2.04. The molecule has 0 bridgehead atoms. The van der Waals surface area contributed by atoms with Crippen molar-refractivity contribution in [3.8, 4) is 11.8 Å². The first-order valence-corrected chi connectivity index (χ1v) is 4.61. The van der Waals surface area contributed by atoms with Gasteiger partial charge in [-0.2, -0.15) is 4.98 Å². The summed E-state index contributed by atoms with van der Waals surface area (Å²) in [6.45, 7) is 0. The van der Waals surface area contributed by atoms with Crippen LogP contribution in [0.3, 0.4) is 0 Å². The van der Waals surface area contributed by atoms with E-state index in [9.17, 15) is 0 Å². The van der Waals surface area contributed by atoms with Crippen LogP contribution in [0.25, 0.3) is 0 Å². The second-order valence-electron chi connectivity index (χ2n) is 2.99. The number of halogens is 1. The molecule has 0 aliphatic carbocycles. The predicted molar refractivity (Wildman–Crippen MR) is 56.9 cm³/mol. The maximum atomic E-state index is 5.75. The zero-order chi connectivity index (χ0) is 10.8. The van der Waals surface area contributed by atoms with Crippen molar-refractivity contribution in [3.63, 3.8) is 0 Å². The molecular weight excluding hydrogens is 216 g/mol. The van der Waals surface area contributed by atoms with Gasteiger partial charge in [0.05, 0.1) is 5.69 Å². The van der Waals surface area contributed by atoms with Crippen LogP contribution in [0, 0.1) is 0 Å². The largest absolute Gasteiger partial charge is 0.421 e. The summed E-state index contributed by atoms with van der Waals surface area (Å²) in [4.78, 5) is 3.92. The normalized spacial score (nSPS) is 10.3. The van der Waals surface area contributed by atoms with Gasteiger partial charge >= 0.3 is 6.01 Å². The van der Waals surface area contributed by atoms with Crippen LogP contribution in [-0.2, 0) is 7.05 Å². The molecular formula is C9H9ClN4O. The molecule has 1 aromatic heterocycles. The second kappa shape index (κ2) is 3.78. The highest BCUT2D eigenvalue weighted by molar-refractivity contribution is 6.30. The number of nitrogen functional groups attached to an aromatic ring is 1. The molecule has 0 radical (unpaired) electrons. The van der Waals surface area contributed by atoms with E-state index in [2.05, 4.69) is 10.1 Å². The molecule has 5 nitrogen and oxygen atoms in total. The maximum Gasteiger partial charge on any atom is 0.341 e. The van der Waals surface area contributed by atoms with Crippen molar-refractivity contribution in [1.29, 1.82) is 0 Å². The monoisotopic (exact) mass is 224 g/mol. The number of aryl methyl sites for hydroxylation is 1. The molecule has 0 aliphatic heterocycles. The Labute approximate surface area is 91.4 Å². The maximum absolute atomic E-state index is 5.75. The van der Waals surface area contributed by atoms with E-state index in [1.165, 1.54) is 0 Å². The fourth-order valence-corrected chi connectivity index (χ4v) is 1.26. The van der Waals surface area contributed by atoms with E-state index < -0.39 is 0 Å². The second-order valence-corrected chi connectivity index (χ2v) is 3.42. The average molecular weight is 225 g/mol. The summed E-state index contributed by atoms with van der Waals surface area (Å²) >= 11 is 5.75. The third kappa shape index (κ3) is 2.19. The number of rotatable bonds is 2. The van der Waals surface area contributed by atoms with E-state index in [4.69, 9.17) is 22.1 Å². The summed E-state index contributed by atoms with van der Waals surface area (Å²) in [5.41, 5.74) is 6.16. The first kappa shape index (κ1) is 9.79. The van der Waals surface area contributed by atoms with Crippen molar-refractivity contribution in [2.24, 2.45) is 7.05 Å². The molecule has 0 atom stereocenters. The van der Waals surface area contributed by atoms with E-state index in [0.29, 0.717) is 16.5 Å². The number of benzene rings is 1. The Balaban J connectivity index is 2.24. The zero-order valence-electron chi connectivity index (χ0n) is 8.01. The molecule has 2 aromatic rings. The lowest BCUT2D eigenvalue weighted by atomic mass is 10.3. The fourth-order valence-electron chi connectivity index (χ4n) is 1.08. The number of nitrogens with zero attached hydrogens (tertiary/aromatic N) is 3. The van der Waals surface area contributed by atoms with Crippen LogP contribution >= 0.6 is 11.6 Å². The molecule has 0 saturated carbocycles. The molecule has 1 heterocycles. The molecule has 15 heavy (non-hydrogen) atoms. The summed E-state index contributed by atoms with van der Waals surface area (Å²) < 4.78 is 6.90. The van der Waals surface area contributed by atoms with Crippen LogP contribution in [0.2, 0.25) is 5.02 Å². The minimum absolute atomic E-state index is 0.256. The number of aromatic nitrogens is 3. The topological polar surface area (TPSA) is 66.0 Å². The number of hydrogen-bond acceptors (Lipinski definition) is 4. The summed E-state index contributed by atoms with van der Waals surface area (Å²) in [5.74, 6) is 0.491. The first-order chi connectivity index (χ1) is 7.15. The Morgan fingerprint density at radius 3 is 2.87 bits per heavy atom. The van der Waals surface area contributed by atoms with Crippen LogP contribution in [0.5, 0.6) is 11.8 Å². The van der Waals surface area contributed by atoms with E-state index in [0.717, 1.165) is 0 Å². The Bertz CT molecular complexity index is 483. The van der Waals surface area contributed by atoms with E-state index >= 15 is 0 Å². The van der Waals surface area contributed by atoms with E-state index in [1.54, 1.807) is 36.3 Å². The number of anilines is 1. The molecule has 0 saturated heterocycles. The smallest absolute Gasteiger partial charge is 0.341 e. The molecule has 2 rings (SSSR count). The highest BCUT2D eigenvalue weighted by Gasteiger charge is 2.05. The van der Waals surface area contributed by atoms with Gasteiger partial charge in [-0.25, -0.2) is 0 Å². The van der Waals surface area contributed by atoms with Gasteiger partial charge in [-0.05, 0) is 18.2 Å². The molecule has 0 fully saturated rings. The van der Waals surface area contributed by atoms with Gasteiger partial charge in [0.25, 0.3) is 0 Å². The molecule has 0 spiro atoms. The van der Waals surface area contributed by atoms with Crippen LogP contribution < -0.4 is 10.5 Å². The molecule has 78 valence electrons. The van der Waals surface area contributed by atoms with E-state index in [1.807, 2.05) is 0 Å². The number of ether oxygens (including phenoxy) is 1. The van der Waals surface area contributed by atoms with Crippen LogP contribution in [0.15, 0.2) is 24.5 Å². The average Bonchev–Trinajstić information content (AvgIpc) is 2.56. The van der Waals surface area contributed by atoms with Gasteiger partial charge in [-0.3, -0.25) is 4.68 Å². The standard InChI is InChI=1S/C9H9ClN4O/c1-14-5-12-9(13-14)15-8-3-2-6(10)4-7(8)11/h2-5H,11H2,1H3. The highest BCUT2D eigenvalue weighted by atomic mass is 35.5. The lowest BCUT2D eigenvalue weighted by Crippen LogP contribution is -1.94. The summed E-state index contributed by atoms with van der Waals surface area (Å²) in [5, 5.41) is 4.53. The van der Waals surface area contributed by atoms with Crippen molar-refractivity contribution < 1.29 is 4.74 Å².